The van der Waals surface area contributed by atoms with Crippen molar-refractivity contribution in [1.82, 2.24) is 0 Å². The lowest BCUT2D eigenvalue weighted by atomic mass is 9.94. The summed E-state index contributed by atoms with van der Waals surface area (Å²) in [6.07, 6.45) is 0. The summed E-state index contributed by atoms with van der Waals surface area (Å²) in [6, 6.07) is 10.2. The fourth-order valence-electron chi connectivity index (χ4n) is 2.99. The Morgan fingerprint density at radius 3 is 1.96 bits per heavy atom. The molecule has 0 spiro atoms. The van der Waals surface area contributed by atoms with E-state index in [1.54, 1.807) is 25.3 Å². The van der Waals surface area contributed by atoms with Crippen LogP contribution in [0.5, 0.6) is 34.5 Å². The Morgan fingerprint density at radius 1 is 0.654 bits per heavy atom. The fourth-order valence-corrected chi connectivity index (χ4v) is 2.99. The van der Waals surface area contributed by atoms with Crippen molar-refractivity contribution in [2.75, 3.05) is 28.4 Å². The first-order chi connectivity index (χ1) is 12.5. The molecular formula is C20H20O6. The van der Waals surface area contributed by atoms with Gasteiger partial charge in [0, 0.05) is 17.7 Å². The maximum atomic E-state index is 10.8. The summed E-state index contributed by atoms with van der Waals surface area (Å²) >= 11 is 0. The van der Waals surface area contributed by atoms with E-state index >= 15 is 0 Å². The number of phenolic OH excluding ortho intramolecular Hbond substituents is 2. The Labute approximate surface area is 151 Å². The van der Waals surface area contributed by atoms with Gasteiger partial charge in [-0.2, -0.15) is 0 Å². The van der Waals surface area contributed by atoms with Crippen LogP contribution in [-0.4, -0.2) is 38.7 Å². The van der Waals surface area contributed by atoms with Gasteiger partial charge in [-0.1, -0.05) is 0 Å². The third kappa shape index (κ3) is 2.79. The van der Waals surface area contributed by atoms with E-state index in [1.165, 1.54) is 27.4 Å². The van der Waals surface area contributed by atoms with Crippen molar-refractivity contribution in [1.29, 1.82) is 0 Å². The largest absolute Gasteiger partial charge is 0.507 e. The van der Waals surface area contributed by atoms with Gasteiger partial charge in [0.2, 0.25) is 0 Å². The number of aromatic hydroxyl groups is 2. The van der Waals surface area contributed by atoms with Crippen LogP contribution in [0.3, 0.4) is 0 Å². The highest BCUT2D eigenvalue weighted by molar-refractivity contribution is 6.04. The lowest BCUT2D eigenvalue weighted by molar-refractivity contribution is 0.373. The highest BCUT2D eigenvalue weighted by Gasteiger charge is 2.22. The van der Waals surface area contributed by atoms with Gasteiger partial charge in [-0.3, -0.25) is 0 Å². The maximum Gasteiger partial charge on any atom is 0.166 e. The van der Waals surface area contributed by atoms with Gasteiger partial charge in [0.05, 0.1) is 34.0 Å². The first-order valence-electron chi connectivity index (χ1n) is 7.87. The Bertz CT molecular complexity index is 964. The molecule has 0 unspecified atom stereocenters. The standard InChI is InChI=1S/C20H20O6/c1-23-12-5-6-14-11(7-12)8-17(26-4)20(22)18(14)19-15(21)9-13(24-2)10-16(19)25-3/h5-10,21-22H,1-4H3. The second-order valence-electron chi connectivity index (χ2n) is 5.61. The number of ether oxygens (including phenoxy) is 4. The Morgan fingerprint density at radius 2 is 1.35 bits per heavy atom. The van der Waals surface area contributed by atoms with E-state index in [4.69, 9.17) is 18.9 Å². The summed E-state index contributed by atoms with van der Waals surface area (Å²) in [4.78, 5) is 0. The molecule has 0 aliphatic carbocycles. The number of rotatable bonds is 5. The number of hydrogen-bond donors (Lipinski definition) is 2. The maximum absolute atomic E-state index is 10.8. The zero-order valence-electron chi connectivity index (χ0n) is 15.0. The molecule has 0 radical (unpaired) electrons. The quantitative estimate of drug-likeness (QED) is 0.721. The summed E-state index contributed by atoms with van der Waals surface area (Å²) in [5.74, 6) is 1.57. The van der Waals surface area contributed by atoms with E-state index in [1.807, 2.05) is 12.1 Å². The van der Waals surface area contributed by atoms with Crippen LogP contribution < -0.4 is 18.9 Å². The van der Waals surface area contributed by atoms with Crippen molar-refractivity contribution in [3.63, 3.8) is 0 Å². The minimum absolute atomic E-state index is 0.0816. The molecule has 0 heterocycles. The molecule has 2 N–H and O–H groups in total. The topological polar surface area (TPSA) is 77.4 Å². The molecule has 6 nitrogen and oxygen atoms in total. The van der Waals surface area contributed by atoms with Crippen LogP contribution in [0.4, 0.5) is 0 Å². The molecule has 3 aromatic rings. The van der Waals surface area contributed by atoms with Crippen molar-refractivity contribution >= 4 is 10.8 Å². The van der Waals surface area contributed by atoms with Crippen molar-refractivity contribution in [3.8, 4) is 45.6 Å². The van der Waals surface area contributed by atoms with Gasteiger partial charge in [-0.15, -0.1) is 0 Å². The van der Waals surface area contributed by atoms with Gasteiger partial charge in [-0.25, -0.2) is 0 Å². The van der Waals surface area contributed by atoms with Crippen LogP contribution in [0, 0.1) is 0 Å². The van der Waals surface area contributed by atoms with E-state index in [0.29, 0.717) is 33.8 Å². The van der Waals surface area contributed by atoms with Crippen molar-refractivity contribution in [2.45, 2.75) is 0 Å². The minimum atomic E-state index is -0.0936. The number of benzene rings is 3. The van der Waals surface area contributed by atoms with Crippen LogP contribution in [0.1, 0.15) is 0 Å². The van der Waals surface area contributed by atoms with Gasteiger partial charge in [0.1, 0.15) is 23.0 Å². The smallest absolute Gasteiger partial charge is 0.166 e. The molecule has 0 saturated carbocycles. The lowest BCUT2D eigenvalue weighted by Crippen LogP contribution is -1.95. The van der Waals surface area contributed by atoms with Crippen LogP contribution in [-0.2, 0) is 0 Å². The molecule has 6 heteroatoms. The highest BCUT2D eigenvalue weighted by atomic mass is 16.5. The summed E-state index contributed by atoms with van der Waals surface area (Å²) in [5.41, 5.74) is 0.749. The zero-order chi connectivity index (χ0) is 18.8. The lowest BCUT2D eigenvalue weighted by Gasteiger charge is -2.18. The first kappa shape index (κ1) is 17.5. The van der Waals surface area contributed by atoms with Gasteiger partial charge >= 0.3 is 0 Å². The molecule has 136 valence electrons. The molecular weight excluding hydrogens is 336 g/mol. The summed E-state index contributed by atoms with van der Waals surface area (Å²) in [7, 11) is 6.03. The second-order valence-corrected chi connectivity index (χ2v) is 5.61. The minimum Gasteiger partial charge on any atom is -0.507 e. The predicted molar refractivity (Wildman–Crippen MR) is 98.9 cm³/mol. The normalized spacial score (nSPS) is 10.6. The Balaban J connectivity index is 2.43. The van der Waals surface area contributed by atoms with E-state index in [9.17, 15) is 10.2 Å². The van der Waals surface area contributed by atoms with E-state index in [0.717, 1.165) is 5.39 Å². The summed E-state index contributed by atoms with van der Waals surface area (Å²) in [6.45, 7) is 0. The second kappa shape index (κ2) is 6.92. The molecule has 3 rings (SSSR count). The number of methoxy groups -OCH3 is 4. The summed E-state index contributed by atoms with van der Waals surface area (Å²) in [5, 5.41) is 22.9. The van der Waals surface area contributed by atoms with Gasteiger partial charge in [0.15, 0.2) is 11.5 Å². The van der Waals surface area contributed by atoms with Gasteiger partial charge < -0.3 is 29.2 Å². The third-order valence-electron chi connectivity index (χ3n) is 4.27. The fraction of sp³-hybridized carbons (Fsp3) is 0.200. The average molecular weight is 356 g/mol. The molecule has 0 amide bonds. The van der Waals surface area contributed by atoms with Crippen LogP contribution >= 0.6 is 0 Å². The molecule has 0 aliphatic heterocycles. The van der Waals surface area contributed by atoms with Gasteiger partial charge in [0.25, 0.3) is 0 Å². The highest BCUT2D eigenvalue weighted by Crippen LogP contribution is 2.50. The number of fused-ring (bicyclic) bond motifs is 1. The van der Waals surface area contributed by atoms with E-state index < -0.39 is 0 Å². The van der Waals surface area contributed by atoms with E-state index in [2.05, 4.69) is 0 Å². The van der Waals surface area contributed by atoms with Crippen LogP contribution in [0.15, 0.2) is 36.4 Å². The molecule has 0 atom stereocenters. The zero-order valence-corrected chi connectivity index (χ0v) is 15.0. The van der Waals surface area contributed by atoms with Gasteiger partial charge in [-0.05, 0) is 35.0 Å². The predicted octanol–water partition coefficient (Wildman–Crippen LogP) is 3.95. The monoisotopic (exact) mass is 356 g/mol. The Hall–Kier alpha value is -3.28. The molecule has 0 bridgehead atoms. The SMILES string of the molecule is COc1cc(O)c(-c2c(O)c(OC)cc3cc(OC)ccc23)c(OC)c1. The van der Waals surface area contributed by atoms with Crippen molar-refractivity contribution in [3.05, 3.63) is 36.4 Å². The molecule has 0 saturated heterocycles. The van der Waals surface area contributed by atoms with Crippen molar-refractivity contribution < 1.29 is 29.2 Å². The molecule has 0 aliphatic rings. The molecule has 0 fully saturated rings. The third-order valence-corrected chi connectivity index (χ3v) is 4.27. The molecule has 0 aromatic heterocycles. The number of hydrogen-bond acceptors (Lipinski definition) is 6. The van der Waals surface area contributed by atoms with Crippen LogP contribution in [0.2, 0.25) is 0 Å². The molecule has 3 aromatic carbocycles. The van der Waals surface area contributed by atoms with Crippen LogP contribution in [0.25, 0.3) is 21.9 Å². The Kier molecular flexibility index (Phi) is 4.67. The van der Waals surface area contributed by atoms with E-state index in [-0.39, 0.29) is 17.2 Å². The summed E-state index contributed by atoms with van der Waals surface area (Å²) < 4.78 is 21.2. The molecule has 26 heavy (non-hydrogen) atoms. The average Bonchev–Trinajstić information content (AvgIpc) is 2.67. The van der Waals surface area contributed by atoms with Crippen molar-refractivity contribution in [2.24, 2.45) is 0 Å². The first-order valence-corrected chi connectivity index (χ1v) is 7.87. The number of phenols is 2.